The Morgan fingerprint density at radius 2 is 1.87 bits per heavy atom. The van der Waals surface area contributed by atoms with Crippen LogP contribution in [0.25, 0.3) is 0 Å². The summed E-state index contributed by atoms with van der Waals surface area (Å²) in [7, 11) is 1.91. The van der Waals surface area contributed by atoms with E-state index in [1.807, 2.05) is 7.05 Å². The van der Waals surface area contributed by atoms with E-state index in [0.717, 1.165) is 38.8 Å². The molecule has 1 N–H and O–H groups in total. The number of nitrogens with zero attached hydrogens (tertiary/aromatic N) is 2. The Labute approximate surface area is 159 Å². The van der Waals surface area contributed by atoms with Crippen LogP contribution in [-0.4, -0.2) is 50.8 Å². The van der Waals surface area contributed by atoms with E-state index in [2.05, 4.69) is 22.1 Å². The van der Waals surface area contributed by atoms with Crippen molar-refractivity contribution in [1.29, 1.82) is 0 Å². The van der Waals surface area contributed by atoms with E-state index in [4.69, 9.17) is 4.74 Å². The Hall–Kier alpha value is -0.0400. The minimum atomic E-state index is 0. The van der Waals surface area contributed by atoms with Gasteiger partial charge in [-0.05, 0) is 19.3 Å². The van der Waals surface area contributed by atoms with Crippen LogP contribution in [0.3, 0.4) is 0 Å². The van der Waals surface area contributed by atoms with Crippen molar-refractivity contribution in [3.8, 4) is 0 Å². The predicted molar refractivity (Wildman–Crippen MR) is 109 cm³/mol. The third-order valence-corrected chi connectivity index (χ3v) is 5.20. The highest BCUT2D eigenvalue weighted by atomic mass is 127. The van der Waals surface area contributed by atoms with Crippen molar-refractivity contribution in [2.24, 2.45) is 10.4 Å². The van der Waals surface area contributed by atoms with E-state index in [9.17, 15) is 0 Å². The number of aliphatic imine (C=N–C) groups is 1. The number of likely N-dealkylation sites (tertiary alicyclic amines) is 1. The number of hydrogen-bond acceptors (Lipinski definition) is 2. The lowest BCUT2D eigenvalue weighted by Crippen LogP contribution is -2.41. The zero-order valence-electron chi connectivity index (χ0n) is 15.1. The summed E-state index contributed by atoms with van der Waals surface area (Å²) in [5.41, 5.74) is 0.414. The van der Waals surface area contributed by atoms with Gasteiger partial charge < -0.3 is 15.0 Å². The molecule has 1 atom stereocenters. The lowest BCUT2D eigenvalue weighted by atomic mass is 9.87. The number of ether oxygens (including phenoxy) is 1. The van der Waals surface area contributed by atoms with Crippen molar-refractivity contribution in [2.75, 3.05) is 39.9 Å². The van der Waals surface area contributed by atoms with Gasteiger partial charge in [-0.3, -0.25) is 4.99 Å². The van der Waals surface area contributed by atoms with Gasteiger partial charge in [0, 0.05) is 38.7 Å². The van der Waals surface area contributed by atoms with Crippen LogP contribution in [0.5, 0.6) is 0 Å². The smallest absolute Gasteiger partial charge is 0.193 e. The molecule has 0 aromatic rings. The van der Waals surface area contributed by atoms with E-state index in [1.165, 1.54) is 57.8 Å². The third kappa shape index (κ3) is 6.77. The van der Waals surface area contributed by atoms with Crippen molar-refractivity contribution < 1.29 is 4.74 Å². The Morgan fingerprint density at radius 3 is 2.52 bits per heavy atom. The fourth-order valence-corrected chi connectivity index (χ4v) is 3.70. The molecule has 1 unspecified atom stereocenters. The topological polar surface area (TPSA) is 36.9 Å². The molecule has 0 aromatic carbocycles. The molecule has 23 heavy (non-hydrogen) atoms. The molecule has 0 aromatic heterocycles. The number of rotatable bonds is 8. The zero-order chi connectivity index (χ0) is 15.7. The molecule has 4 nitrogen and oxygen atoms in total. The van der Waals surface area contributed by atoms with E-state index in [0.29, 0.717) is 5.41 Å². The Morgan fingerprint density at radius 1 is 1.13 bits per heavy atom. The summed E-state index contributed by atoms with van der Waals surface area (Å²) < 4.78 is 5.61. The van der Waals surface area contributed by atoms with Crippen molar-refractivity contribution in [2.45, 2.75) is 64.7 Å². The molecule has 0 radical (unpaired) electrons. The fraction of sp³-hybridized carbons (Fsp3) is 0.944. The quantitative estimate of drug-likeness (QED) is 0.270. The van der Waals surface area contributed by atoms with Crippen LogP contribution in [0, 0.1) is 5.41 Å². The zero-order valence-corrected chi connectivity index (χ0v) is 17.4. The number of guanidine groups is 1. The lowest BCUT2D eigenvalue weighted by molar-refractivity contribution is 0.156. The first-order chi connectivity index (χ1) is 10.8. The maximum Gasteiger partial charge on any atom is 0.193 e. The number of halogens is 1. The highest BCUT2D eigenvalue weighted by Gasteiger charge is 2.42. The molecular formula is C18H36IN3O. The highest BCUT2D eigenvalue weighted by molar-refractivity contribution is 14.0. The summed E-state index contributed by atoms with van der Waals surface area (Å²) in [5, 5.41) is 3.55. The highest BCUT2D eigenvalue weighted by Crippen LogP contribution is 2.38. The van der Waals surface area contributed by atoms with Crippen LogP contribution < -0.4 is 5.32 Å². The second-order valence-electron chi connectivity index (χ2n) is 7.07. The van der Waals surface area contributed by atoms with Gasteiger partial charge in [-0.2, -0.15) is 0 Å². The molecule has 2 heterocycles. The first-order valence-corrected chi connectivity index (χ1v) is 9.33. The van der Waals surface area contributed by atoms with Crippen molar-refractivity contribution >= 4 is 29.9 Å². The van der Waals surface area contributed by atoms with Gasteiger partial charge in [0.25, 0.3) is 0 Å². The maximum atomic E-state index is 5.61. The largest absolute Gasteiger partial charge is 0.381 e. The van der Waals surface area contributed by atoms with Gasteiger partial charge in [-0.1, -0.05) is 45.4 Å². The van der Waals surface area contributed by atoms with E-state index >= 15 is 0 Å². The monoisotopic (exact) mass is 437 g/mol. The van der Waals surface area contributed by atoms with Crippen molar-refractivity contribution in [3.63, 3.8) is 0 Å². The maximum absolute atomic E-state index is 5.61. The van der Waals surface area contributed by atoms with Gasteiger partial charge in [0.15, 0.2) is 5.96 Å². The summed E-state index contributed by atoms with van der Waals surface area (Å²) in [6, 6.07) is 0. The second-order valence-corrected chi connectivity index (χ2v) is 7.07. The van der Waals surface area contributed by atoms with E-state index < -0.39 is 0 Å². The van der Waals surface area contributed by atoms with Gasteiger partial charge in [-0.15, -0.1) is 24.0 Å². The minimum absolute atomic E-state index is 0. The SMILES string of the molecule is CCCCCCCCCNC(=NC)N1CCC2(CCOC2)C1.I. The van der Waals surface area contributed by atoms with Crippen molar-refractivity contribution in [1.82, 2.24) is 10.2 Å². The average molecular weight is 437 g/mol. The summed E-state index contributed by atoms with van der Waals surface area (Å²) in [4.78, 5) is 6.90. The molecule has 2 fully saturated rings. The summed E-state index contributed by atoms with van der Waals surface area (Å²) >= 11 is 0. The van der Waals surface area contributed by atoms with Crippen LogP contribution in [0.15, 0.2) is 4.99 Å². The summed E-state index contributed by atoms with van der Waals surface area (Å²) in [6.07, 6.45) is 12.0. The molecule has 2 saturated heterocycles. The van der Waals surface area contributed by atoms with Crippen LogP contribution in [0.1, 0.15) is 64.7 Å². The first-order valence-electron chi connectivity index (χ1n) is 9.33. The Kier molecular flexibility index (Phi) is 10.5. The van der Waals surface area contributed by atoms with Gasteiger partial charge >= 0.3 is 0 Å². The molecule has 0 bridgehead atoms. The molecular weight excluding hydrogens is 401 g/mol. The van der Waals surface area contributed by atoms with Crippen LogP contribution in [0.2, 0.25) is 0 Å². The second kappa shape index (κ2) is 11.5. The van der Waals surface area contributed by atoms with Crippen LogP contribution >= 0.6 is 24.0 Å². The predicted octanol–water partition coefficient (Wildman–Crippen LogP) is 4.04. The Bertz CT molecular complexity index is 343. The molecule has 5 heteroatoms. The number of hydrogen-bond donors (Lipinski definition) is 1. The molecule has 136 valence electrons. The molecule has 1 spiro atoms. The van der Waals surface area contributed by atoms with Crippen molar-refractivity contribution in [3.05, 3.63) is 0 Å². The Balaban J connectivity index is 0.00000264. The summed E-state index contributed by atoms with van der Waals surface area (Å²) in [5.74, 6) is 1.09. The number of nitrogens with one attached hydrogen (secondary N) is 1. The first kappa shape index (κ1) is 21.0. The van der Waals surface area contributed by atoms with Gasteiger partial charge in [0.05, 0.1) is 6.61 Å². The van der Waals surface area contributed by atoms with E-state index in [-0.39, 0.29) is 24.0 Å². The van der Waals surface area contributed by atoms with Gasteiger partial charge in [0.2, 0.25) is 0 Å². The van der Waals surface area contributed by atoms with E-state index in [1.54, 1.807) is 0 Å². The molecule has 2 aliphatic rings. The summed E-state index contributed by atoms with van der Waals surface area (Å²) in [6.45, 7) is 7.45. The molecule has 0 saturated carbocycles. The van der Waals surface area contributed by atoms with Crippen LogP contribution in [-0.2, 0) is 4.74 Å². The molecule has 2 aliphatic heterocycles. The fourth-order valence-electron chi connectivity index (χ4n) is 3.70. The van der Waals surface area contributed by atoms with Crippen LogP contribution in [0.4, 0.5) is 0 Å². The molecule has 0 aliphatic carbocycles. The molecule has 2 rings (SSSR count). The lowest BCUT2D eigenvalue weighted by Gasteiger charge is -2.24. The van der Waals surface area contributed by atoms with Gasteiger partial charge in [0.1, 0.15) is 0 Å². The average Bonchev–Trinajstić information content (AvgIpc) is 3.16. The molecule has 0 amide bonds. The standard InChI is InChI=1S/C18H35N3O.HI/c1-3-4-5-6-7-8-9-12-20-17(19-2)21-13-10-18(15-21)11-14-22-16-18;/h3-16H2,1-2H3,(H,19,20);1H. The third-order valence-electron chi connectivity index (χ3n) is 5.20. The minimum Gasteiger partial charge on any atom is -0.381 e. The number of unbranched alkanes of at least 4 members (excludes halogenated alkanes) is 6. The van der Waals surface area contributed by atoms with Gasteiger partial charge in [-0.25, -0.2) is 0 Å². The normalized spacial score (nSPS) is 24.3.